The second-order valence-corrected chi connectivity index (χ2v) is 11.9. The molecule has 0 N–H and O–H groups in total. The Morgan fingerprint density at radius 2 is 1.51 bits per heavy atom. The van der Waals surface area contributed by atoms with Gasteiger partial charge in [-0.15, -0.1) is 0 Å². The van der Waals surface area contributed by atoms with E-state index in [0.717, 1.165) is 53.2 Å². The average Bonchev–Trinajstić information content (AvgIpc) is 3.36. The van der Waals surface area contributed by atoms with Crippen LogP contribution < -0.4 is 0 Å². The topological polar surface area (TPSA) is 25.8 Å². The fourth-order valence-electron chi connectivity index (χ4n) is 5.89. The van der Waals surface area contributed by atoms with Crippen LogP contribution in [0, 0.1) is 0 Å². The van der Waals surface area contributed by atoms with Gasteiger partial charge in [0.15, 0.2) is 5.82 Å². The van der Waals surface area contributed by atoms with E-state index < -0.39 is 0 Å². The Morgan fingerprint density at radius 3 is 2.20 bits per heavy atom. The fraction of sp³-hybridized carbons (Fsp3) is 0.209. The first-order valence-electron chi connectivity index (χ1n) is 16.1. The van der Waals surface area contributed by atoms with Crippen molar-refractivity contribution in [3.8, 4) is 11.3 Å². The van der Waals surface area contributed by atoms with Gasteiger partial charge in [0.25, 0.3) is 0 Å². The number of hydrogen-bond acceptors (Lipinski definition) is 2. The highest BCUT2D eigenvalue weighted by Gasteiger charge is 2.25. The Kier molecular flexibility index (Phi) is 10.4. The molecule has 0 amide bonds. The normalized spacial score (nSPS) is 16.2. The van der Waals surface area contributed by atoms with Crippen LogP contribution in [0.4, 0.5) is 0 Å². The highest BCUT2D eigenvalue weighted by molar-refractivity contribution is 5.82. The third-order valence-electron chi connectivity index (χ3n) is 8.59. The minimum absolute atomic E-state index is 0.159. The van der Waals surface area contributed by atoms with Crippen LogP contribution in [0.15, 0.2) is 151 Å². The molecule has 0 atom stereocenters. The third-order valence-corrected chi connectivity index (χ3v) is 8.59. The number of nitrogens with zero attached hydrogens (tertiary/aromatic N) is 2. The monoisotopic (exact) mass is 588 g/mol. The lowest BCUT2D eigenvalue weighted by Crippen LogP contribution is -2.19. The van der Waals surface area contributed by atoms with Crippen molar-refractivity contribution in [2.45, 2.75) is 59.3 Å². The lowest BCUT2D eigenvalue weighted by molar-refractivity contribution is 0.637. The van der Waals surface area contributed by atoms with Gasteiger partial charge < -0.3 is 0 Å². The molecule has 2 aliphatic carbocycles. The number of benzene rings is 2. The molecule has 2 aliphatic rings. The fourth-order valence-corrected chi connectivity index (χ4v) is 5.89. The molecule has 226 valence electrons. The predicted octanol–water partition coefficient (Wildman–Crippen LogP) is 11.6. The minimum Gasteiger partial charge on any atom is -0.228 e. The Labute approximate surface area is 270 Å². The smallest absolute Gasteiger partial charge is 0.160 e. The van der Waals surface area contributed by atoms with Gasteiger partial charge in [0, 0.05) is 16.6 Å². The van der Waals surface area contributed by atoms with Gasteiger partial charge in [-0.3, -0.25) is 0 Å². The van der Waals surface area contributed by atoms with Gasteiger partial charge in [0.05, 0.1) is 11.4 Å². The molecule has 2 nitrogen and oxygen atoms in total. The summed E-state index contributed by atoms with van der Waals surface area (Å²) in [5.41, 5.74) is 11.3. The van der Waals surface area contributed by atoms with E-state index >= 15 is 0 Å². The first-order valence-corrected chi connectivity index (χ1v) is 16.1. The molecule has 0 aliphatic heterocycles. The zero-order valence-electron chi connectivity index (χ0n) is 27.3. The summed E-state index contributed by atoms with van der Waals surface area (Å²) in [5, 5.41) is 0. The second-order valence-electron chi connectivity index (χ2n) is 11.9. The molecule has 0 spiro atoms. The molecule has 0 unspecified atom stereocenters. The first kappa shape index (κ1) is 31.6. The van der Waals surface area contributed by atoms with Crippen molar-refractivity contribution < 1.29 is 0 Å². The van der Waals surface area contributed by atoms with E-state index in [-0.39, 0.29) is 5.41 Å². The summed E-state index contributed by atoms with van der Waals surface area (Å²) >= 11 is 0. The lowest BCUT2D eigenvalue weighted by Gasteiger charge is -2.27. The van der Waals surface area contributed by atoms with Crippen LogP contribution in [0.3, 0.4) is 0 Å². The zero-order valence-corrected chi connectivity index (χ0v) is 27.3. The van der Waals surface area contributed by atoms with Gasteiger partial charge in [0.1, 0.15) is 0 Å². The molecule has 1 aromatic heterocycles. The van der Waals surface area contributed by atoms with Crippen molar-refractivity contribution in [1.29, 1.82) is 0 Å². The maximum absolute atomic E-state index is 5.08. The molecule has 0 bridgehead atoms. The Morgan fingerprint density at radius 1 is 0.733 bits per heavy atom. The van der Waals surface area contributed by atoms with Crippen molar-refractivity contribution in [2.24, 2.45) is 0 Å². The van der Waals surface area contributed by atoms with Crippen molar-refractivity contribution >= 4 is 16.7 Å². The van der Waals surface area contributed by atoms with E-state index in [2.05, 4.69) is 155 Å². The molecule has 2 heteroatoms. The zero-order chi connectivity index (χ0) is 31.6. The van der Waals surface area contributed by atoms with Gasteiger partial charge in [-0.25, -0.2) is 9.97 Å². The molecule has 5 rings (SSSR count). The van der Waals surface area contributed by atoms with Crippen molar-refractivity contribution in [1.82, 2.24) is 9.97 Å². The van der Waals surface area contributed by atoms with E-state index in [1.807, 2.05) is 19.1 Å². The Balaban J connectivity index is 1.41. The molecule has 3 aromatic rings. The summed E-state index contributed by atoms with van der Waals surface area (Å²) in [7, 11) is 0. The van der Waals surface area contributed by atoms with Crippen LogP contribution in [0.1, 0.15) is 76.5 Å². The van der Waals surface area contributed by atoms with Crippen LogP contribution in [-0.4, -0.2) is 9.97 Å². The molecule has 0 saturated carbocycles. The van der Waals surface area contributed by atoms with E-state index in [9.17, 15) is 0 Å². The van der Waals surface area contributed by atoms with Crippen molar-refractivity contribution in [3.63, 3.8) is 0 Å². The van der Waals surface area contributed by atoms with Gasteiger partial charge in [-0.05, 0) is 79.5 Å². The van der Waals surface area contributed by atoms with Crippen LogP contribution >= 0.6 is 0 Å². The van der Waals surface area contributed by atoms with Gasteiger partial charge in [-0.1, -0.05) is 147 Å². The van der Waals surface area contributed by atoms with Gasteiger partial charge in [0.2, 0.25) is 0 Å². The molecule has 1 heterocycles. The molecule has 0 radical (unpaired) electrons. The van der Waals surface area contributed by atoms with Crippen LogP contribution in [-0.2, 0) is 5.41 Å². The Hall–Kier alpha value is -4.82. The van der Waals surface area contributed by atoms with Gasteiger partial charge >= 0.3 is 0 Å². The average molecular weight is 589 g/mol. The molecular formula is C43H44N2. The molecular weight excluding hydrogens is 544 g/mol. The summed E-state index contributed by atoms with van der Waals surface area (Å²) in [5.74, 6) is 0.786. The second kappa shape index (κ2) is 14.8. The van der Waals surface area contributed by atoms with Crippen molar-refractivity contribution in [2.75, 3.05) is 0 Å². The van der Waals surface area contributed by atoms with Crippen molar-refractivity contribution in [3.05, 3.63) is 173 Å². The predicted molar refractivity (Wildman–Crippen MR) is 194 cm³/mol. The lowest BCUT2D eigenvalue weighted by atomic mass is 9.76. The van der Waals surface area contributed by atoms with Gasteiger partial charge in [-0.2, -0.15) is 0 Å². The maximum Gasteiger partial charge on any atom is 0.160 e. The summed E-state index contributed by atoms with van der Waals surface area (Å²) < 4.78 is 0. The van der Waals surface area contributed by atoms with Crippen LogP contribution in [0.25, 0.3) is 28.0 Å². The number of aromatic nitrogens is 2. The molecule has 2 aromatic carbocycles. The number of hydrogen-bond donors (Lipinski definition) is 0. The summed E-state index contributed by atoms with van der Waals surface area (Å²) in [6, 6.07) is 21.6. The molecule has 0 saturated heterocycles. The highest BCUT2D eigenvalue weighted by Crippen LogP contribution is 2.36. The van der Waals surface area contributed by atoms with E-state index in [4.69, 9.17) is 9.97 Å². The summed E-state index contributed by atoms with van der Waals surface area (Å²) in [6.45, 7) is 10.9. The minimum atomic E-state index is -0.159. The number of allylic oxidation sites excluding steroid dienone is 18. The maximum atomic E-state index is 5.08. The summed E-state index contributed by atoms with van der Waals surface area (Å²) in [4.78, 5) is 10.1. The highest BCUT2D eigenvalue weighted by atomic mass is 14.9. The van der Waals surface area contributed by atoms with E-state index in [0.29, 0.717) is 0 Å². The quantitative estimate of drug-likeness (QED) is 0.232. The molecule has 45 heavy (non-hydrogen) atoms. The summed E-state index contributed by atoms with van der Waals surface area (Å²) in [6.07, 6.45) is 31.4. The third kappa shape index (κ3) is 7.46. The SMILES string of the molecule is C\C=C/C=C\C(=C\C)C(=C/C)\c1ccc(C(C)(C)C2=CCC=C(c3cc(-c4ccccc4)nc(C4=CCCC=C4)n3)C=C2)cc1. The Bertz CT molecular complexity index is 1780. The molecule has 0 fully saturated rings. The number of rotatable bonds is 9. The van der Waals surface area contributed by atoms with Crippen LogP contribution in [0.5, 0.6) is 0 Å². The standard InChI is InChI=1S/C43H44N2/c1-6-9-12-18-32(7-2)39(8-3)33-25-28-38(29-26-33)43(4,5)37-24-17-23-35(27-30-37)41-31-40(34-19-13-10-14-20-34)44-42(45-41)36-21-15-11-16-22-36/h6-10,12-15,18-31H,11,16-17H2,1-5H3/b9-6-,18-12-,32-7-,39-8+. The largest absolute Gasteiger partial charge is 0.228 e. The van der Waals surface area contributed by atoms with E-state index in [1.165, 1.54) is 27.8 Å². The van der Waals surface area contributed by atoms with Crippen LogP contribution in [0.2, 0.25) is 0 Å². The van der Waals surface area contributed by atoms with E-state index in [1.54, 1.807) is 0 Å². The first-order chi connectivity index (χ1) is 21.9.